The molecule has 0 spiro atoms. The number of carboxylic acids is 3. The van der Waals surface area contributed by atoms with Crippen molar-refractivity contribution in [2.45, 2.75) is 77.8 Å². The third-order valence-electron chi connectivity index (χ3n) is 20.4. The van der Waals surface area contributed by atoms with Crippen LogP contribution in [0.25, 0.3) is 65.4 Å². The minimum atomic E-state index is -1.03. The second-order valence-electron chi connectivity index (χ2n) is 29.4. The summed E-state index contributed by atoms with van der Waals surface area (Å²) in [6.07, 6.45) is 13.3. The number of carboxylic acid groups (broad SMARTS) is 3. The topological polar surface area (TPSA) is 337 Å². The zero-order valence-electron chi connectivity index (χ0n) is 73.4. The third-order valence-corrected chi connectivity index (χ3v) is 24.3. The molecule has 700 valence electrons. The number of nitrogens with one attached hydrogen (secondary N) is 5. The quantitative estimate of drug-likeness (QED) is 0.0187. The van der Waals surface area contributed by atoms with Gasteiger partial charge in [0.05, 0.1) is 81.1 Å². The zero-order valence-corrected chi connectivity index (χ0v) is 79.0. The first-order valence-electron chi connectivity index (χ1n) is 41.3. The number of carbonyl (C=O) groups is 4. The maximum Gasteiger partial charge on any atom is 0.307 e. The molecule has 1 aliphatic rings. The summed E-state index contributed by atoms with van der Waals surface area (Å²) >= 11 is 11.7. The largest absolute Gasteiger partial charge is 0.504 e. The molecule has 18 rings (SSSR count). The Balaban J connectivity index is 0.000000161. The Kier molecular flexibility index (Phi) is 39.0. The summed E-state index contributed by atoms with van der Waals surface area (Å²) in [6.45, 7) is 5.45. The molecule has 1 saturated heterocycles. The van der Waals surface area contributed by atoms with Gasteiger partial charge in [-0.3, -0.25) is 19.2 Å². The van der Waals surface area contributed by atoms with E-state index in [-0.39, 0.29) is 78.2 Å². The molecule has 8 aromatic carbocycles. The van der Waals surface area contributed by atoms with Gasteiger partial charge in [-0.15, -0.1) is 34.0 Å². The van der Waals surface area contributed by atoms with Crippen molar-refractivity contribution < 1.29 is 99.5 Å². The van der Waals surface area contributed by atoms with Crippen molar-refractivity contribution in [3.63, 3.8) is 0 Å². The predicted octanol–water partition coefficient (Wildman–Crippen LogP) is 21.1. The van der Waals surface area contributed by atoms with Crippen LogP contribution in [-0.4, -0.2) is 126 Å². The smallest absolute Gasteiger partial charge is 0.307 e. The van der Waals surface area contributed by atoms with Crippen LogP contribution >= 0.6 is 65.9 Å². The number of aliphatic hydroxyl groups excluding tert-OH is 1. The van der Waals surface area contributed by atoms with Gasteiger partial charge in [0.15, 0.2) is 69.4 Å². The van der Waals surface area contributed by atoms with Gasteiger partial charge in [0.25, 0.3) is 0 Å². The van der Waals surface area contributed by atoms with Crippen LogP contribution in [0.1, 0.15) is 66.4 Å². The molecule has 1 fully saturated rings. The maximum absolute atomic E-state index is 14.4. The zero-order chi connectivity index (χ0) is 95.8. The van der Waals surface area contributed by atoms with E-state index in [2.05, 4.69) is 81.2 Å². The lowest BCUT2D eigenvalue weighted by Gasteiger charge is -2.11. The summed E-state index contributed by atoms with van der Waals surface area (Å²) in [5, 5.41) is 58.8. The number of methoxy groups -OCH3 is 3. The summed E-state index contributed by atoms with van der Waals surface area (Å²) < 4.78 is 121. The second-order valence-corrected chi connectivity index (χ2v) is 34.2. The number of nitrogens with zero attached hydrogens (tertiary/aromatic N) is 3. The predicted molar refractivity (Wildman–Crippen MR) is 516 cm³/mol. The van der Waals surface area contributed by atoms with Gasteiger partial charge in [0.1, 0.15) is 13.2 Å². The van der Waals surface area contributed by atoms with Crippen LogP contribution in [0.5, 0.6) is 34.5 Å². The van der Waals surface area contributed by atoms with Gasteiger partial charge >= 0.3 is 17.9 Å². The van der Waals surface area contributed by atoms with E-state index in [1.54, 1.807) is 82.4 Å². The number of aliphatic hydroxyl groups is 1. The summed E-state index contributed by atoms with van der Waals surface area (Å²) in [5.41, 5.74) is 15.0. The van der Waals surface area contributed by atoms with Gasteiger partial charge in [-0.2, -0.15) is 0 Å². The number of halogens is 8. The van der Waals surface area contributed by atoms with Crippen LogP contribution in [0.15, 0.2) is 226 Å². The Hall–Kier alpha value is -12.8. The fourth-order valence-corrected chi connectivity index (χ4v) is 17.4. The Morgan fingerprint density at radius 1 is 0.474 bits per heavy atom. The molecule has 12 N–H and O–H groups in total. The Bertz CT molecular complexity index is 6660. The van der Waals surface area contributed by atoms with Crippen LogP contribution < -0.4 is 40.1 Å². The SMILES string of the molecule is C1CCOC1.CO.COc1c(F)ccc2c1c(CC(=O)NCc1cccs1)cn2C.COc1c(F)ccc2c1c(CC(=O)O)cn2C.COc1c(F)ccc2c1c(CCNCc1cccs1)cn2C.Fc1cc(Br)c2[nH]ccc2c1OCc1ccccc1.NCc1cccs1.O=C(O)Cc1c[nH]c2c(Br)cc(F)c(OCc3ccccc3)c12.O=C(O)Cc1c[nH]c2ccc(F)c(O)c12. The number of aryl methyl sites for hydroxylation is 3. The molecule has 0 radical (unpaired) electrons. The van der Waals surface area contributed by atoms with Crippen molar-refractivity contribution >= 4 is 155 Å². The van der Waals surface area contributed by atoms with Gasteiger partial charge in [-0.05, 0) is 198 Å². The molecular formula is C98H99Br2F6N9O15S3. The Morgan fingerprint density at radius 2 is 0.910 bits per heavy atom. The van der Waals surface area contributed by atoms with Gasteiger partial charge in [0.2, 0.25) is 5.91 Å². The van der Waals surface area contributed by atoms with Crippen molar-refractivity contribution in [2.24, 2.45) is 26.9 Å². The minimum Gasteiger partial charge on any atom is -0.504 e. The summed E-state index contributed by atoms with van der Waals surface area (Å²) in [5.74, 6) is -5.50. The number of aliphatic carboxylic acids is 3. The number of H-pyrrole nitrogens is 3. The molecule has 0 atom stereocenters. The van der Waals surface area contributed by atoms with Crippen molar-refractivity contribution in [1.29, 1.82) is 0 Å². The van der Waals surface area contributed by atoms with Crippen molar-refractivity contribution in [1.82, 2.24) is 39.3 Å². The lowest BCUT2D eigenvalue weighted by Crippen LogP contribution is -2.24. The fourth-order valence-electron chi connectivity index (χ4n) is 14.4. The first-order chi connectivity index (χ1) is 64.2. The molecule has 133 heavy (non-hydrogen) atoms. The van der Waals surface area contributed by atoms with Crippen molar-refractivity contribution in [2.75, 3.05) is 48.2 Å². The van der Waals surface area contributed by atoms with Gasteiger partial charge in [-0.25, -0.2) is 26.3 Å². The lowest BCUT2D eigenvalue weighted by molar-refractivity contribution is -0.137. The third kappa shape index (κ3) is 27.7. The number of nitrogens with two attached hydrogens (primary N) is 1. The normalized spacial score (nSPS) is 11.2. The van der Waals surface area contributed by atoms with Crippen LogP contribution in [0.3, 0.4) is 0 Å². The van der Waals surface area contributed by atoms with E-state index in [1.807, 2.05) is 131 Å². The van der Waals surface area contributed by atoms with Crippen molar-refractivity contribution in [3.8, 4) is 34.5 Å². The second kappa shape index (κ2) is 50.7. The van der Waals surface area contributed by atoms with E-state index in [0.29, 0.717) is 78.3 Å². The Morgan fingerprint density at radius 3 is 1.38 bits per heavy atom. The number of amides is 1. The summed E-state index contributed by atoms with van der Waals surface area (Å²) in [4.78, 5) is 57.0. The molecule has 24 nitrogen and oxygen atoms in total. The molecule has 0 unspecified atom stereocenters. The lowest BCUT2D eigenvalue weighted by atomic mass is 10.1. The highest BCUT2D eigenvalue weighted by molar-refractivity contribution is 9.11. The fraction of sp³-hybridized carbons (Fsp3) is 0.224. The van der Waals surface area contributed by atoms with E-state index < -0.39 is 46.9 Å². The number of rotatable bonds is 25. The molecule has 1 amide bonds. The highest BCUT2D eigenvalue weighted by Crippen LogP contribution is 2.41. The van der Waals surface area contributed by atoms with E-state index >= 15 is 0 Å². The van der Waals surface area contributed by atoms with Gasteiger partial charge in [-0.1, -0.05) is 78.9 Å². The molecule has 9 aromatic heterocycles. The number of aromatic amines is 3. The van der Waals surface area contributed by atoms with Crippen LogP contribution in [0.4, 0.5) is 26.3 Å². The van der Waals surface area contributed by atoms with E-state index in [4.69, 9.17) is 54.6 Å². The number of hydrogen-bond acceptors (Lipinski definition) is 17. The molecule has 1 aliphatic heterocycles. The van der Waals surface area contributed by atoms with Crippen LogP contribution in [0, 0.1) is 34.9 Å². The average Bonchev–Trinajstić information content (AvgIpc) is 1.61. The molecule has 35 heteroatoms. The van der Waals surface area contributed by atoms with Crippen molar-refractivity contribution in [3.05, 3.63) is 315 Å². The highest BCUT2D eigenvalue weighted by Gasteiger charge is 2.24. The number of phenols is 1. The first kappa shape index (κ1) is 102. The molecule has 0 bridgehead atoms. The molecule has 0 aliphatic carbocycles. The van der Waals surface area contributed by atoms with Gasteiger partial charge in [0, 0.05) is 153 Å². The number of thiophene rings is 3. The molecule has 17 aromatic rings. The van der Waals surface area contributed by atoms with Gasteiger partial charge < -0.3 is 99.0 Å². The Labute approximate surface area is 790 Å². The number of benzene rings is 8. The average molecular weight is 2010 g/mol. The number of hydrogen-bond donors (Lipinski definition) is 11. The summed E-state index contributed by atoms with van der Waals surface area (Å²) in [6, 6.07) is 47.6. The van der Waals surface area contributed by atoms with Crippen LogP contribution in [-0.2, 0) is 110 Å². The number of ether oxygens (including phenoxy) is 6. The highest BCUT2D eigenvalue weighted by atomic mass is 79.9. The standard InChI is InChI=1S/C17H13BrFNO3.C17H17FN2O2S.C17H19FN2OS.C15H11BrFNO.C12H12FNO3.C10H8FNO3.C5H7NS.C4H8O.CH4O/c18-12-7-13(19)17(23-9-10-4-2-1-3-5-10)15-11(6-14(21)22)8-20-16(12)15;1-20-10-11(8-15(21)19-9-12-4-3-7-23-12)16-14(20)6-5-13(18)17(16)22-2;1-20-11-12(7-8-19-10-13-4-3-9-22-13)16-15(20)6-5-14(18)17(16)21-2;16-12-8-13(17)15(11-6-7-18-14(11)12)19-9-10-4-2-1-3-5-10;1-14-6-7(5-10(15)16)11-9(14)4-3-8(13)12(11)17-2;11-6-1-2-7-9(10(6)15)5(4-12-7)3-8(13)14;6-4-5-2-1-3-7-5;1-2-4-5-3-1;1-2/h1-5,7-8,20H,6,9H2,(H,21,22);3-7,10H,8-9H2,1-2H3,(H,19,21);3-6,9,11,19H,7-8,10H2,1-2H3;1-8,18H,9H2;3-4,6H,5H2,1-2H3,(H,15,16);1-2,4,12,15H,3H2,(H,13,14);1-3H,4,6H2;1-4H2;2H,1H3. The number of carbonyl (C=O) groups excluding carboxylic acids is 1. The molecule has 10 heterocycles. The minimum absolute atomic E-state index is 0.0598. The molecular weight excluding hydrogens is 1910 g/mol. The van der Waals surface area contributed by atoms with E-state index in [1.165, 1.54) is 86.5 Å². The number of aromatic nitrogens is 6. The number of phenolic OH excluding ortho intramolecular Hbond substituents is 1. The maximum atomic E-state index is 14.4. The first-order valence-corrected chi connectivity index (χ1v) is 45.5. The number of aromatic hydroxyl groups is 1. The monoisotopic (exact) mass is 2010 g/mol. The molecule has 0 saturated carbocycles. The van der Waals surface area contributed by atoms with E-state index in [0.717, 1.165) is 106 Å². The van der Waals surface area contributed by atoms with Crippen LogP contribution in [0.2, 0.25) is 0 Å². The number of fused-ring (bicyclic) bond motifs is 6. The summed E-state index contributed by atoms with van der Waals surface area (Å²) in [7, 11) is 10.9. The van der Waals surface area contributed by atoms with E-state index in [9.17, 15) is 50.6 Å².